The summed E-state index contributed by atoms with van der Waals surface area (Å²) in [7, 11) is 4.15. The van der Waals surface area contributed by atoms with E-state index in [2.05, 4.69) is 61.3 Å². The van der Waals surface area contributed by atoms with Gasteiger partial charge in [0.05, 0.1) is 29.7 Å². The van der Waals surface area contributed by atoms with Crippen LogP contribution in [0.4, 0.5) is 11.4 Å². The van der Waals surface area contributed by atoms with Gasteiger partial charge in [-0.3, -0.25) is 9.56 Å². The number of aromatic nitrogens is 3. The summed E-state index contributed by atoms with van der Waals surface area (Å²) in [4.78, 5) is 6.72. The lowest BCUT2D eigenvalue weighted by Crippen LogP contribution is -2.40. The highest BCUT2D eigenvalue weighted by Crippen LogP contribution is 2.27. The number of hydrazone groups is 1. The van der Waals surface area contributed by atoms with Crippen molar-refractivity contribution in [1.82, 2.24) is 30.0 Å². The summed E-state index contributed by atoms with van der Waals surface area (Å²) in [5.74, 6) is 1.40. The van der Waals surface area contributed by atoms with Gasteiger partial charge in [0.2, 0.25) is 0 Å². The first kappa shape index (κ1) is 21.9. The van der Waals surface area contributed by atoms with Crippen LogP contribution in [0.3, 0.4) is 0 Å². The Morgan fingerprint density at radius 3 is 2.76 bits per heavy atom. The van der Waals surface area contributed by atoms with Gasteiger partial charge in [0, 0.05) is 24.4 Å². The largest absolute Gasteiger partial charge is 0.383 e. The molecule has 0 radical (unpaired) electrons. The third kappa shape index (κ3) is 4.87. The van der Waals surface area contributed by atoms with Crippen molar-refractivity contribution in [1.29, 1.82) is 5.26 Å². The van der Waals surface area contributed by atoms with E-state index in [1.54, 1.807) is 17.7 Å². The summed E-state index contributed by atoms with van der Waals surface area (Å²) in [6.45, 7) is 2.31. The fourth-order valence-electron chi connectivity index (χ4n) is 3.92. The summed E-state index contributed by atoms with van der Waals surface area (Å²) in [6.07, 6.45) is 8.68. The first-order valence-electron chi connectivity index (χ1n) is 11.6. The van der Waals surface area contributed by atoms with Gasteiger partial charge in [-0.05, 0) is 58.1 Å². The highest BCUT2D eigenvalue weighted by Gasteiger charge is 2.35. The molecule has 11 nitrogen and oxygen atoms in total. The molecule has 0 spiro atoms. The highest BCUT2D eigenvalue weighted by molar-refractivity contribution is 6.13. The lowest BCUT2D eigenvalue weighted by atomic mass is 10.2. The molecule has 34 heavy (non-hydrogen) atoms. The SMILES string of the molecule is CN(C)CCCNc1ccc(NC2=NN3C(=NCC3C#N)C(NC3CC3)=C2)cc1-n1cnnc1. The molecule has 1 aromatic carbocycles. The lowest BCUT2D eigenvalue weighted by molar-refractivity contribution is 0.405. The molecule has 11 heteroatoms. The Morgan fingerprint density at radius 2 is 2.03 bits per heavy atom. The first-order chi connectivity index (χ1) is 16.6. The van der Waals surface area contributed by atoms with Crippen LogP contribution in [0.2, 0.25) is 0 Å². The van der Waals surface area contributed by atoms with Crippen LogP contribution in [-0.2, 0) is 0 Å². The number of nitrogens with zero attached hydrogens (tertiary/aromatic N) is 8. The molecule has 0 amide bonds. The maximum Gasteiger partial charge on any atom is 0.169 e. The van der Waals surface area contributed by atoms with Crippen molar-refractivity contribution in [2.24, 2.45) is 10.1 Å². The second-order valence-corrected chi connectivity index (χ2v) is 8.93. The summed E-state index contributed by atoms with van der Waals surface area (Å²) in [5.41, 5.74) is 3.72. The molecule has 1 atom stereocenters. The minimum Gasteiger partial charge on any atom is -0.383 e. The maximum absolute atomic E-state index is 9.53. The van der Waals surface area contributed by atoms with E-state index in [0.29, 0.717) is 18.4 Å². The lowest BCUT2D eigenvalue weighted by Gasteiger charge is -2.26. The maximum atomic E-state index is 9.53. The van der Waals surface area contributed by atoms with Gasteiger partial charge in [-0.25, -0.2) is 5.01 Å². The van der Waals surface area contributed by atoms with Crippen molar-refractivity contribution in [3.8, 4) is 11.8 Å². The minimum atomic E-state index is -0.391. The second kappa shape index (κ2) is 9.52. The minimum absolute atomic E-state index is 0.391. The highest BCUT2D eigenvalue weighted by atomic mass is 15.5. The van der Waals surface area contributed by atoms with E-state index in [1.165, 1.54) is 0 Å². The summed E-state index contributed by atoms with van der Waals surface area (Å²) >= 11 is 0. The monoisotopic (exact) mass is 459 g/mol. The molecule has 2 aliphatic heterocycles. The molecule has 3 heterocycles. The van der Waals surface area contributed by atoms with Crippen LogP contribution in [0.5, 0.6) is 0 Å². The van der Waals surface area contributed by atoms with Gasteiger partial charge < -0.3 is 20.9 Å². The smallest absolute Gasteiger partial charge is 0.169 e. The van der Waals surface area contributed by atoms with Gasteiger partial charge in [0.1, 0.15) is 12.7 Å². The first-order valence-corrected chi connectivity index (χ1v) is 11.6. The van der Waals surface area contributed by atoms with E-state index >= 15 is 0 Å². The van der Waals surface area contributed by atoms with E-state index in [1.807, 2.05) is 28.8 Å². The Hall–Kier alpha value is -3.91. The number of fused-ring (bicyclic) bond motifs is 1. The number of rotatable bonds is 9. The van der Waals surface area contributed by atoms with Gasteiger partial charge >= 0.3 is 0 Å². The van der Waals surface area contributed by atoms with Crippen LogP contribution in [0, 0.1) is 11.3 Å². The van der Waals surface area contributed by atoms with Crippen molar-refractivity contribution in [2.75, 3.05) is 44.4 Å². The molecule has 1 fully saturated rings. The molecule has 2 aromatic rings. The molecule has 176 valence electrons. The quantitative estimate of drug-likeness (QED) is 0.484. The average molecular weight is 460 g/mol. The van der Waals surface area contributed by atoms with Gasteiger partial charge in [-0.1, -0.05) is 0 Å². The van der Waals surface area contributed by atoms with Crippen molar-refractivity contribution in [3.05, 3.63) is 42.6 Å². The predicted octanol–water partition coefficient (Wildman–Crippen LogP) is 1.61. The van der Waals surface area contributed by atoms with E-state index < -0.39 is 6.04 Å². The van der Waals surface area contributed by atoms with Crippen LogP contribution in [0.25, 0.3) is 5.69 Å². The molecular weight excluding hydrogens is 430 g/mol. The number of anilines is 2. The summed E-state index contributed by atoms with van der Waals surface area (Å²) in [5, 5.41) is 34.3. The van der Waals surface area contributed by atoms with Crippen molar-refractivity contribution < 1.29 is 0 Å². The molecule has 1 unspecified atom stereocenters. The van der Waals surface area contributed by atoms with Crippen LogP contribution in [-0.4, -0.2) is 82.2 Å². The van der Waals surface area contributed by atoms with E-state index in [9.17, 15) is 5.26 Å². The molecule has 3 N–H and O–H groups in total. The van der Waals surface area contributed by atoms with Crippen molar-refractivity contribution in [3.63, 3.8) is 0 Å². The predicted molar refractivity (Wildman–Crippen MR) is 132 cm³/mol. The standard InChI is InChI=1S/C23H29N11/c1-32(2)9-3-8-25-19-7-6-17(10-21(19)33-14-27-28-15-33)30-22-11-20(29-16-4-5-16)23-26-13-18(12-24)34(23)31-22/h6-7,10-11,14-16,18,25,29H,3-5,8-9,13H2,1-2H3,(H,30,31). The Bertz CT molecular complexity index is 1150. The molecule has 0 saturated heterocycles. The Kier molecular flexibility index (Phi) is 6.14. The molecule has 0 bridgehead atoms. The van der Waals surface area contributed by atoms with Crippen LogP contribution in [0.15, 0.2) is 52.7 Å². The van der Waals surface area contributed by atoms with E-state index in [0.717, 1.165) is 60.9 Å². The molecule has 1 aromatic heterocycles. The fraction of sp³-hybridized carbons (Fsp3) is 0.435. The number of benzene rings is 1. The number of nitrogens with one attached hydrogen (secondary N) is 3. The van der Waals surface area contributed by atoms with Gasteiger partial charge in [-0.2, -0.15) is 10.4 Å². The van der Waals surface area contributed by atoms with Gasteiger partial charge in [-0.15, -0.1) is 10.2 Å². The van der Waals surface area contributed by atoms with Crippen molar-refractivity contribution in [2.45, 2.75) is 31.3 Å². The molecule has 1 saturated carbocycles. The Morgan fingerprint density at radius 1 is 1.21 bits per heavy atom. The number of amidine groups is 2. The van der Waals surface area contributed by atoms with Crippen LogP contribution >= 0.6 is 0 Å². The zero-order valence-electron chi connectivity index (χ0n) is 19.4. The third-order valence-corrected chi connectivity index (χ3v) is 5.81. The van der Waals surface area contributed by atoms with E-state index in [-0.39, 0.29) is 0 Å². The second-order valence-electron chi connectivity index (χ2n) is 8.93. The zero-order valence-corrected chi connectivity index (χ0v) is 19.4. The molecular formula is C23H29N11. The Labute approximate surface area is 198 Å². The van der Waals surface area contributed by atoms with E-state index in [4.69, 9.17) is 0 Å². The van der Waals surface area contributed by atoms with Crippen molar-refractivity contribution >= 4 is 23.0 Å². The van der Waals surface area contributed by atoms with Gasteiger partial charge in [0.15, 0.2) is 17.7 Å². The molecule has 3 aliphatic rings. The normalized spacial score (nSPS) is 19.2. The number of hydrogen-bond donors (Lipinski definition) is 3. The third-order valence-electron chi connectivity index (χ3n) is 5.81. The van der Waals surface area contributed by atoms with Crippen LogP contribution < -0.4 is 16.0 Å². The molecule has 1 aliphatic carbocycles. The zero-order chi connectivity index (χ0) is 23.5. The molecule has 5 rings (SSSR count). The van der Waals surface area contributed by atoms with Crippen LogP contribution in [0.1, 0.15) is 19.3 Å². The average Bonchev–Trinajstić information content (AvgIpc) is 3.30. The van der Waals surface area contributed by atoms with Gasteiger partial charge in [0.25, 0.3) is 0 Å². The fourth-order valence-corrected chi connectivity index (χ4v) is 3.92. The number of aliphatic imine (C=N–C) groups is 1. The number of hydrogen-bond acceptors (Lipinski definition) is 10. The Balaban J connectivity index is 1.38. The summed E-state index contributed by atoms with van der Waals surface area (Å²) < 4.78 is 1.88. The summed E-state index contributed by atoms with van der Waals surface area (Å²) in [6, 6.07) is 8.47. The topological polar surface area (TPSA) is 122 Å². The number of nitriles is 1.